The number of esters is 1. The van der Waals surface area contributed by atoms with Crippen molar-refractivity contribution in [1.29, 1.82) is 0 Å². The van der Waals surface area contributed by atoms with Crippen molar-refractivity contribution in [2.24, 2.45) is 14.1 Å². The third-order valence-electron chi connectivity index (χ3n) is 4.70. The summed E-state index contributed by atoms with van der Waals surface area (Å²) in [6.07, 6.45) is 0.479. The second-order valence-electron chi connectivity index (χ2n) is 6.52. The Balaban J connectivity index is 2.31. The molecule has 0 aliphatic heterocycles. The quantitative estimate of drug-likeness (QED) is 0.331. The Bertz CT molecular complexity index is 1220. The molecule has 0 radical (unpaired) electrons. The van der Waals surface area contributed by atoms with Gasteiger partial charge in [0.1, 0.15) is 21.4 Å². The number of ether oxygens (including phenoxy) is 2. The number of aromatic nitrogens is 4. The van der Waals surface area contributed by atoms with Crippen LogP contribution in [0, 0.1) is 0 Å². The average Bonchev–Trinajstić information content (AvgIpc) is 2.78. The van der Waals surface area contributed by atoms with Crippen LogP contribution in [-0.4, -0.2) is 44.5 Å². The predicted octanol–water partition coefficient (Wildman–Crippen LogP) is 1.75. The van der Waals surface area contributed by atoms with Crippen LogP contribution >= 0.6 is 11.8 Å². The summed E-state index contributed by atoms with van der Waals surface area (Å²) in [4.78, 5) is 46.5. The highest BCUT2D eigenvalue weighted by molar-refractivity contribution is 8.00. The van der Waals surface area contributed by atoms with Gasteiger partial charge in [-0.2, -0.15) is 0 Å². The third-order valence-corrected chi connectivity index (χ3v) is 6.03. The van der Waals surface area contributed by atoms with Gasteiger partial charge in [0.25, 0.3) is 5.56 Å². The molecule has 30 heavy (non-hydrogen) atoms. The summed E-state index contributed by atoms with van der Waals surface area (Å²) in [7, 11) is 5.82. The first kappa shape index (κ1) is 21.6. The molecule has 3 rings (SSSR count). The molecule has 0 amide bonds. The number of rotatable bonds is 6. The molecule has 0 N–H and O–H groups in total. The van der Waals surface area contributed by atoms with Gasteiger partial charge in [-0.3, -0.25) is 18.7 Å². The number of benzene rings is 1. The summed E-state index contributed by atoms with van der Waals surface area (Å²) in [5.74, 6) is 0.588. The van der Waals surface area contributed by atoms with E-state index in [0.717, 1.165) is 16.3 Å². The highest BCUT2D eigenvalue weighted by Crippen LogP contribution is 2.31. The lowest BCUT2D eigenvalue weighted by atomic mass is 10.2. The number of thioether (sulfide) groups is 1. The van der Waals surface area contributed by atoms with E-state index >= 15 is 0 Å². The van der Waals surface area contributed by atoms with Crippen molar-refractivity contribution in [3.05, 3.63) is 45.1 Å². The number of hydrogen-bond donors (Lipinski definition) is 0. The molecule has 158 valence electrons. The van der Waals surface area contributed by atoms with E-state index in [1.165, 1.54) is 18.7 Å². The maximum absolute atomic E-state index is 12.9. The third kappa shape index (κ3) is 3.82. The van der Waals surface area contributed by atoms with E-state index in [-0.39, 0.29) is 11.0 Å². The highest BCUT2D eigenvalue weighted by atomic mass is 32.2. The van der Waals surface area contributed by atoms with Crippen LogP contribution < -0.4 is 16.0 Å². The van der Waals surface area contributed by atoms with Gasteiger partial charge in [0.05, 0.1) is 14.2 Å². The lowest BCUT2D eigenvalue weighted by Gasteiger charge is -2.15. The topological polar surface area (TPSA) is 105 Å². The molecule has 0 spiro atoms. The minimum Gasteiger partial charge on any atom is -0.497 e. The van der Waals surface area contributed by atoms with Gasteiger partial charge in [-0.1, -0.05) is 18.7 Å². The molecule has 0 saturated carbocycles. The van der Waals surface area contributed by atoms with Crippen LogP contribution in [0.2, 0.25) is 0 Å². The fraction of sp³-hybridized carbons (Fsp3) is 0.350. The Kier molecular flexibility index (Phi) is 6.25. The summed E-state index contributed by atoms with van der Waals surface area (Å²) in [6.45, 7) is 1.84. The maximum Gasteiger partial charge on any atom is 0.332 e. The fourth-order valence-corrected chi connectivity index (χ4v) is 4.01. The lowest BCUT2D eigenvalue weighted by Crippen LogP contribution is -2.37. The molecular weight excluding hydrogens is 408 g/mol. The molecule has 10 heteroatoms. The van der Waals surface area contributed by atoms with Gasteiger partial charge in [0.2, 0.25) is 0 Å². The monoisotopic (exact) mass is 430 g/mol. The van der Waals surface area contributed by atoms with Crippen molar-refractivity contribution in [1.82, 2.24) is 19.1 Å². The van der Waals surface area contributed by atoms with Crippen molar-refractivity contribution in [3.63, 3.8) is 0 Å². The minimum absolute atomic E-state index is 0.184. The first-order valence-corrected chi connectivity index (χ1v) is 10.1. The Morgan fingerprint density at radius 2 is 1.77 bits per heavy atom. The van der Waals surface area contributed by atoms with E-state index in [0.29, 0.717) is 28.6 Å². The van der Waals surface area contributed by atoms with E-state index in [4.69, 9.17) is 9.47 Å². The zero-order valence-corrected chi connectivity index (χ0v) is 18.1. The van der Waals surface area contributed by atoms with Gasteiger partial charge in [0, 0.05) is 19.7 Å². The summed E-state index contributed by atoms with van der Waals surface area (Å²) in [6, 6.07) is 7.10. The van der Waals surface area contributed by atoms with E-state index in [9.17, 15) is 14.4 Å². The van der Waals surface area contributed by atoms with Crippen LogP contribution in [-0.2, 0) is 23.6 Å². The SMILES string of the molecule is CC[C@H](Sc1nc(-c2ccc(OC)cc2)nc2c1c(=O)n(C)c(=O)n2C)C(=O)OC. The van der Waals surface area contributed by atoms with Crippen LogP contribution in [0.25, 0.3) is 22.4 Å². The van der Waals surface area contributed by atoms with Crippen LogP contribution in [0.5, 0.6) is 5.75 Å². The second kappa shape index (κ2) is 8.70. The van der Waals surface area contributed by atoms with Crippen LogP contribution in [0.3, 0.4) is 0 Å². The first-order valence-electron chi connectivity index (χ1n) is 9.19. The van der Waals surface area contributed by atoms with E-state index in [1.54, 1.807) is 38.4 Å². The number of methoxy groups -OCH3 is 2. The molecule has 0 aliphatic rings. The molecule has 0 bridgehead atoms. The molecule has 0 unspecified atom stereocenters. The molecule has 2 heterocycles. The molecular formula is C20H22N4O5S. The fourth-order valence-electron chi connectivity index (χ4n) is 2.95. The van der Waals surface area contributed by atoms with E-state index in [1.807, 2.05) is 6.92 Å². The number of carbonyl (C=O) groups is 1. The van der Waals surface area contributed by atoms with Crippen molar-refractivity contribution < 1.29 is 14.3 Å². The summed E-state index contributed by atoms with van der Waals surface area (Å²) >= 11 is 1.13. The van der Waals surface area contributed by atoms with Crippen LogP contribution in [0.4, 0.5) is 0 Å². The average molecular weight is 430 g/mol. The van der Waals surface area contributed by atoms with Gasteiger partial charge in [-0.15, -0.1) is 0 Å². The van der Waals surface area contributed by atoms with Crippen molar-refractivity contribution in [3.8, 4) is 17.1 Å². The normalized spacial score (nSPS) is 12.0. The smallest absolute Gasteiger partial charge is 0.332 e. The standard InChI is InChI=1S/C20H22N4O5S/c1-6-13(19(26)29-5)30-17-14-16(23(2)20(27)24(3)18(14)25)21-15(22-17)11-7-9-12(28-4)10-8-11/h7-10,13H,6H2,1-5H3/t13-/m0/s1. The number of carbonyl (C=O) groups excluding carboxylic acids is 1. The molecule has 2 aromatic heterocycles. The van der Waals surface area contributed by atoms with Gasteiger partial charge >= 0.3 is 11.7 Å². The Morgan fingerprint density at radius 1 is 1.10 bits per heavy atom. The largest absolute Gasteiger partial charge is 0.497 e. The van der Waals surface area contributed by atoms with Crippen molar-refractivity contribution in [2.45, 2.75) is 23.6 Å². The minimum atomic E-state index is -0.557. The van der Waals surface area contributed by atoms with E-state index in [2.05, 4.69) is 9.97 Å². The molecule has 1 aromatic carbocycles. The van der Waals surface area contributed by atoms with Crippen LogP contribution in [0.15, 0.2) is 38.9 Å². The lowest BCUT2D eigenvalue weighted by molar-refractivity contribution is -0.140. The second-order valence-corrected chi connectivity index (χ2v) is 7.71. The molecule has 0 saturated heterocycles. The first-order chi connectivity index (χ1) is 14.3. The van der Waals surface area contributed by atoms with Crippen molar-refractivity contribution >= 4 is 28.8 Å². The number of aryl methyl sites for hydroxylation is 1. The Labute approximate surface area is 176 Å². The molecule has 0 fully saturated rings. The zero-order chi connectivity index (χ0) is 22.0. The number of fused-ring (bicyclic) bond motifs is 1. The van der Waals surface area contributed by atoms with Crippen LogP contribution in [0.1, 0.15) is 13.3 Å². The highest BCUT2D eigenvalue weighted by Gasteiger charge is 2.24. The number of hydrogen-bond acceptors (Lipinski definition) is 8. The summed E-state index contributed by atoms with van der Waals surface area (Å²) in [5, 5.41) is -0.0535. The van der Waals surface area contributed by atoms with Gasteiger partial charge in [0.15, 0.2) is 11.5 Å². The van der Waals surface area contributed by atoms with Gasteiger partial charge < -0.3 is 9.47 Å². The molecule has 3 aromatic rings. The summed E-state index contributed by atoms with van der Waals surface area (Å²) < 4.78 is 12.4. The van der Waals surface area contributed by atoms with Crippen molar-refractivity contribution in [2.75, 3.05) is 14.2 Å². The molecule has 0 aliphatic carbocycles. The zero-order valence-electron chi connectivity index (χ0n) is 17.3. The maximum atomic E-state index is 12.9. The Morgan fingerprint density at radius 3 is 2.33 bits per heavy atom. The predicted molar refractivity (Wildman–Crippen MR) is 114 cm³/mol. The summed E-state index contributed by atoms with van der Waals surface area (Å²) in [5.41, 5.74) is -0.135. The molecule has 9 nitrogen and oxygen atoms in total. The van der Waals surface area contributed by atoms with Gasteiger partial charge in [-0.25, -0.2) is 14.8 Å². The Hall–Kier alpha value is -3.14. The number of nitrogens with zero attached hydrogens (tertiary/aromatic N) is 4. The van der Waals surface area contributed by atoms with Gasteiger partial charge in [-0.05, 0) is 30.7 Å². The van der Waals surface area contributed by atoms with E-state index < -0.39 is 22.5 Å². The molecule has 1 atom stereocenters.